The van der Waals surface area contributed by atoms with Crippen LogP contribution in [0, 0.1) is 11.8 Å². The first kappa shape index (κ1) is 9.47. The third-order valence-electron chi connectivity index (χ3n) is 2.53. The van der Waals surface area contributed by atoms with Crippen LogP contribution in [0.3, 0.4) is 0 Å². The van der Waals surface area contributed by atoms with Gasteiger partial charge < -0.3 is 0 Å². The Balaban J connectivity index is 2.56. The molecule has 1 aliphatic carbocycles. The minimum absolute atomic E-state index is 0.0324. The van der Waals surface area contributed by atoms with Gasteiger partial charge in [-0.1, -0.05) is 20.8 Å². The second kappa shape index (κ2) is 3.40. The van der Waals surface area contributed by atoms with Crippen molar-refractivity contribution in [2.45, 2.75) is 45.6 Å². The van der Waals surface area contributed by atoms with E-state index >= 15 is 0 Å². The van der Waals surface area contributed by atoms with E-state index in [1.54, 1.807) is 6.08 Å². The van der Waals surface area contributed by atoms with Crippen molar-refractivity contribution in [3.8, 4) is 0 Å². The molecule has 0 bridgehead atoms. The molecule has 2 nitrogen and oxygen atoms in total. The van der Waals surface area contributed by atoms with Crippen molar-refractivity contribution in [3.63, 3.8) is 0 Å². The normalized spacial score (nSPS) is 34.2. The smallest absolute Gasteiger partial charge is 0.211 e. The lowest BCUT2D eigenvalue weighted by molar-refractivity contribution is 0.137. The number of hydrogen-bond acceptors (Lipinski definition) is 2. The summed E-state index contributed by atoms with van der Waals surface area (Å²) in [4.78, 5) is 14.2. The van der Waals surface area contributed by atoms with Gasteiger partial charge in [0.25, 0.3) is 0 Å². The summed E-state index contributed by atoms with van der Waals surface area (Å²) in [6.45, 7) is 6.55. The molecule has 0 saturated heterocycles. The van der Waals surface area contributed by atoms with Crippen molar-refractivity contribution in [2.24, 2.45) is 16.8 Å². The van der Waals surface area contributed by atoms with Gasteiger partial charge in [0.2, 0.25) is 6.08 Å². The van der Waals surface area contributed by atoms with E-state index < -0.39 is 0 Å². The van der Waals surface area contributed by atoms with Gasteiger partial charge in [-0.2, -0.15) is 4.99 Å². The highest BCUT2D eigenvalue weighted by Gasteiger charge is 2.42. The van der Waals surface area contributed by atoms with Gasteiger partial charge >= 0.3 is 0 Å². The number of aliphatic imine (C=N–C) groups is 1. The minimum Gasteiger partial charge on any atom is -0.211 e. The van der Waals surface area contributed by atoms with E-state index in [-0.39, 0.29) is 5.54 Å². The lowest BCUT2D eigenvalue weighted by Gasteiger charge is -2.43. The summed E-state index contributed by atoms with van der Waals surface area (Å²) in [6.07, 6.45) is 4.89. The van der Waals surface area contributed by atoms with Crippen LogP contribution in [0.5, 0.6) is 0 Å². The Labute approximate surface area is 74.1 Å². The van der Waals surface area contributed by atoms with Gasteiger partial charge in [0.15, 0.2) is 0 Å². The first-order valence-electron chi connectivity index (χ1n) is 4.67. The summed E-state index contributed by atoms with van der Waals surface area (Å²) in [5, 5.41) is 0. The van der Waals surface area contributed by atoms with Crippen LogP contribution in [0.4, 0.5) is 0 Å². The Bertz CT molecular complexity index is 198. The molecular weight excluding hydrogens is 150 g/mol. The molecule has 1 rings (SSSR count). The quantitative estimate of drug-likeness (QED) is 0.469. The van der Waals surface area contributed by atoms with Gasteiger partial charge in [0.05, 0.1) is 5.54 Å². The lowest BCUT2D eigenvalue weighted by atomic mass is 9.66. The zero-order chi connectivity index (χ0) is 9.19. The molecule has 0 radical (unpaired) electrons. The van der Waals surface area contributed by atoms with Gasteiger partial charge in [-0.05, 0) is 31.1 Å². The summed E-state index contributed by atoms with van der Waals surface area (Å²) < 4.78 is 0. The van der Waals surface area contributed by atoms with Crippen LogP contribution in [0.1, 0.15) is 40.0 Å². The Morgan fingerprint density at radius 3 is 2.50 bits per heavy atom. The standard InChI is InChI=1S/C10H17NO/c1-8(2)4-10(11-7-12)5-9(3)6-10/h8-9H,4-6H2,1-3H3. The molecule has 0 amide bonds. The zero-order valence-corrected chi connectivity index (χ0v) is 8.13. The number of nitrogens with zero attached hydrogens (tertiary/aromatic N) is 1. The summed E-state index contributed by atoms with van der Waals surface area (Å²) in [5.74, 6) is 1.36. The van der Waals surface area contributed by atoms with Crippen molar-refractivity contribution in [2.75, 3.05) is 0 Å². The van der Waals surface area contributed by atoms with Gasteiger partial charge in [0.1, 0.15) is 0 Å². The Morgan fingerprint density at radius 1 is 1.58 bits per heavy atom. The SMILES string of the molecule is CC(C)CC1(N=C=O)CC(C)C1. The van der Waals surface area contributed by atoms with Crippen LogP contribution in [0.25, 0.3) is 0 Å². The van der Waals surface area contributed by atoms with E-state index in [4.69, 9.17) is 0 Å². The largest absolute Gasteiger partial charge is 0.235 e. The van der Waals surface area contributed by atoms with Crippen LogP contribution in [-0.4, -0.2) is 11.6 Å². The van der Waals surface area contributed by atoms with Crippen molar-refractivity contribution < 1.29 is 4.79 Å². The molecule has 0 N–H and O–H groups in total. The zero-order valence-electron chi connectivity index (χ0n) is 8.13. The molecule has 0 aromatic rings. The van der Waals surface area contributed by atoms with Gasteiger partial charge in [0, 0.05) is 0 Å². The Kier molecular flexibility index (Phi) is 2.69. The van der Waals surface area contributed by atoms with E-state index in [0.717, 1.165) is 25.2 Å². The number of carbonyl (C=O) groups excluding carboxylic acids is 1. The molecule has 1 aliphatic rings. The Morgan fingerprint density at radius 2 is 2.17 bits per heavy atom. The second-order valence-electron chi connectivity index (χ2n) is 4.54. The summed E-state index contributed by atoms with van der Waals surface area (Å²) >= 11 is 0. The van der Waals surface area contributed by atoms with Crippen LogP contribution in [0.15, 0.2) is 4.99 Å². The molecule has 0 aromatic heterocycles. The summed E-state index contributed by atoms with van der Waals surface area (Å²) in [7, 11) is 0. The van der Waals surface area contributed by atoms with E-state index in [2.05, 4.69) is 25.8 Å². The third-order valence-corrected chi connectivity index (χ3v) is 2.53. The van der Waals surface area contributed by atoms with Gasteiger partial charge in [-0.3, -0.25) is 0 Å². The third kappa shape index (κ3) is 1.95. The summed E-state index contributed by atoms with van der Waals surface area (Å²) in [5.41, 5.74) is -0.0324. The van der Waals surface area contributed by atoms with E-state index in [1.165, 1.54) is 0 Å². The fourth-order valence-electron chi connectivity index (χ4n) is 2.40. The number of isocyanates is 1. The highest BCUT2D eigenvalue weighted by Crippen LogP contribution is 2.44. The molecule has 12 heavy (non-hydrogen) atoms. The molecule has 1 saturated carbocycles. The maximum absolute atomic E-state index is 10.2. The van der Waals surface area contributed by atoms with Crippen LogP contribution >= 0.6 is 0 Å². The molecule has 2 heteroatoms. The number of hydrogen-bond donors (Lipinski definition) is 0. The van der Waals surface area contributed by atoms with Crippen LogP contribution in [-0.2, 0) is 4.79 Å². The predicted octanol–water partition coefficient (Wildman–Crippen LogP) is 2.54. The van der Waals surface area contributed by atoms with Crippen molar-refractivity contribution >= 4 is 6.08 Å². The van der Waals surface area contributed by atoms with E-state index in [1.807, 2.05) is 0 Å². The Hall–Kier alpha value is -0.620. The van der Waals surface area contributed by atoms with E-state index in [0.29, 0.717) is 5.92 Å². The first-order valence-corrected chi connectivity index (χ1v) is 4.67. The van der Waals surface area contributed by atoms with Crippen molar-refractivity contribution in [1.82, 2.24) is 0 Å². The highest BCUT2D eigenvalue weighted by molar-refractivity contribution is 5.35. The maximum atomic E-state index is 10.2. The highest BCUT2D eigenvalue weighted by atomic mass is 16.1. The molecule has 1 fully saturated rings. The van der Waals surface area contributed by atoms with Gasteiger partial charge in [-0.25, -0.2) is 4.79 Å². The molecule has 0 aliphatic heterocycles. The van der Waals surface area contributed by atoms with Crippen LogP contribution < -0.4 is 0 Å². The molecule has 0 atom stereocenters. The number of rotatable bonds is 3. The average molecular weight is 167 g/mol. The van der Waals surface area contributed by atoms with Crippen molar-refractivity contribution in [3.05, 3.63) is 0 Å². The molecule has 0 aromatic carbocycles. The maximum Gasteiger partial charge on any atom is 0.235 e. The van der Waals surface area contributed by atoms with Gasteiger partial charge in [-0.15, -0.1) is 0 Å². The first-order chi connectivity index (χ1) is 5.58. The monoisotopic (exact) mass is 167 g/mol. The van der Waals surface area contributed by atoms with E-state index in [9.17, 15) is 4.79 Å². The molecular formula is C10H17NO. The van der Waals surface area contributed by atoms with Crippen molar-refractivity contribution in [1.29, 1.82) is 0 Å². The molecule has 0 heterocycles. The molecule has 0 unspecified atom stereocenters. The second-order valence-corrected chi connectivity index (χ2v) is 4.54. The average Bonchev–Trinajstić information content (AvgIpc) is 1.83. The summed E-state index contributed by atoms with van der Waals surface area (Å²) in [6, 6.07) is 0. The predicted molar refractivity (Wildman–Crippen MR) is 48.7 cm³/mol. The minimum atomic E-state index is -0.0324. The molecule has 68 valence electrons. The fraction of sp³-hybridized carbons (Fsp3) is 0.900. The van der Waals surface area contributed by atoms with Crippen LogP contribution in [0.2, 0.25) is 0 Å². The molecule has 0 spiro atoms. The fourth-order valence-corrected chi connectivity index (χ4v) is 2.40. The lowest BCUT2D eigenvalue weighted by Crippen LogP contribution is -2.41. The topological polar surface area (TPSA) is 29.4 Å².